The fraction of sp³-hybridized carbons (Fsp3) is 0.538. The van der Waals surface area contributed by atoms with E-state index in [1.165, 1.54) is 0 Å². The van der Waals surface area contributed by atoms with E-state index in [4.69, 9.17) is 0 Å². The summed E-state index contributed by atoms with van der Waals surface area (Å²) in [5.41, 5.74) is 1.06. The van der Waals surface area contributed by atoms with Crippen molar-refractivity contribution < 1.29 is 4.79 Å². The molecule has 2 rings (SSSR count). The van der Waals surface area contributed by atoms with Crippen molar-refractivity contribution >= 4 is 17.2 Å². The number of hydrogen-bond donors (Lipinski definition) is 0. The van der Waals surface area contributed by atoms with Gasteiger partial charge in [-0.15, -0.1) is 17.9 Å². The largest absolute Gasteiger partial charge is 0.341 e. The number of carbonyl (C=O) groups excluding carboxylic acids is 1. The highest BCUT2D eigenvalue weighted by Gasteiger charge is 2.29. The van der Waals surface area contributed by atoms with Gasteiger partial charge >= 0.3 is 0 Å². The molecule has 0 radical (unpaired) electrons. The van der Waals surface area contributed by atoms with Gasteiger partial charge in [0.05, 0.1) is 5.01 Å². The first-order valence-electron chi connectivity index (χ1n) is 5.92. The molecule has 1 saturated heterocycles. The number of rotatable bonds is 4. The van der Waals surface area contributed by atoms with Crippen LogP contribution in [0.15, 0.2) is 18.0 Å². The monoisotopic (exact) mass is 250 g/mol. The third-order valence-electron chi connectivity index (χ3n) is 3.13. The number of aryl methyl sites for hydroxylation is 1. The fourth-order valence-electron chi connectivity index (χ4n) is 2.14. The molecule has 1 aromatic heterocycles. The van der Waals surface area contributed by atoms with Gasteiger partial charge in [-0.2, -0.15) is 0 Å². The Bertz CT molecular complexity index is 427. The number of amides is 1. The van der Waals surface area contributed by atoms with E-state index in [0.29, 0.717) is 18.3 Å². The lowest BCUT2D eigenvalue weighted by Crippen LogP contribution is -2.29. The third kappa shape index (κ3) is 2.75. The Morgan fingerprint density at radius 1 is 1.76 bits per heavy atom. The SMILES string of the molecule is C=CC1CC(=O)N(CC(C)c2nc(C)cs2)C1. The molecule has 2 heterocycles. The first-order valence-corrected chi connectivity index (χ1v) is 6.80. The maximum Gasteiger partial charge on any atom is 0.223 e. The van der Waals surface area contributed by atoms with Crippen molar-refractivity contribution in [3.8, 4) is 0 Å². The van der Waals surface area contributed by atoms with Crippen molar-refractivity contribution in [3.63, 3.8) is 0 Å². The van der Waals surface area contributed by atoms with E-state index in [1.807, 2.05) is 17.9 Å². The Morgan fingerprint density at radius 3 is 3.06 bits per heavy atom. The third-order valence-corrected chi connectivity index (χ3v) is 4.32. The maximum atomic E-state index is 11.8. The van der Waals surface area contributed by atoms with Crippen LogP contribution in [0.4, 0.5) is 0 Å². The lowest BCUT2D eigenvalue weighted by atomic mass is 10.1. The molecule has 0 N–H and O–H groups in total. The molecule has 2 unspecified atom stereocenters. The molecule has 0 spiro atoms. The molecule has 92 valence electrons. The number of hydrogen-bond acceptors (Lipinski definition) is 3. The van der Waals surface area contributed by atoms with Gasteiger partial charge in [-0.1, -0.05) is 13.0 Å². The molecule has 3 nitrogen and oxygen atoms in total. The average molecular weight is 250 g/mol. The minimum Gasteiger partial charge on any atom is -0.341 e. The van der Waals surface area contributed by atoms with Crippen molar-refractivity contribution in [3.05, 3.63) is 28.7 Å². The topological polar surface area (TPSA) is 33.2 Å². The molecule has 0 bridgehead atoms. The van der Waals surface area contributed by atoms with Crippen LogP contribution in [-0.4, -0.2) is 28.9 Å². The van der Waals surface area contributed by atoms with E-state index in [9.17, 15) is 4.79 Å². The van der Waals surface area contributed by atoms with Crippen molar-refractivity contribution in [2.75, 3.05) is 13.1 Å². The van der Waals surface area contributed by atoms with Crippen molar-refractivity contribution in [2.45, 2.75) is 26.2 Å². The highest BCUT2D eigenvalue weighted by Crippen LogP contribution is 2.25. The van der Waals surface area contributed by atoms with Crippen molar-refractivity contribution in [2.24, 2.45) is 5.92 Å². The van der Waals surface area contributed by atoms with Crippen LogP contribution in [0.1, 0.15) is 30.0 Å². The Kier molecular flexibility index (Phi) is 3.62. The molecular formula is C13H18N2OS. The van der Waals surface area contributed by atoms with Crippen LogP contribution >= 0.6 is 11.3 Å². The summed E-state index contributed by atoms with van der Waals surface area (Å²) in [6.07, 6.45) is 2.50. The Balaban J connectivity index is 1.97. The van der Waals surface area contributed by atoms with Gasteiger partial charge in [-0.05, 0) is 6.92 Å². The summed E-state index contributed by atoms with van der Waals surface area (Å²) < 4.78 is 0. The van der Waals surface area contributed by atoms with E-state index >= 15 is 0 Å². The molecular weight excluding hydrogens is 232 g/mol. The van der Waals surface area contributed by atoms with Crippen LogP contribution in [0.25, 0.3) is 0 Å². The van der Waals surface area contributed by atoms with Gasteiger partial charge in [0.15, 0.2) is 0 Å². The summed E-state index contributed by atoms with van der Waals surface area (Å²) in [6, 6.07) is 0. The zero-order valence-corrected chi connectivity index (χ0v) is 11.2. The van der Waals surface area contributed by atoms with E-state index in [0.717, 1.165) is 23.8 Å². The number of likely N-dealkylation sites (tertiary alicyclic amines) is 1. The molecule has 1 aliphatic heterocycles. The summed E-state index contributed by atoms with van der Waals surface area (Å²) in [5.74, 6) is 0.893. The zero-order chi connectivity index (χ0) is 12.4. The standard InChI is InChI=1S/C13H18N2OS/c1-4-11-5-12(16)15(7-11)6-9(2)13-14-10(3)8-17-13/h4,8-9,11H,1,5-7H2,2-3H3. The van der Waals surface area contributed by atoms with Gasteiger partial charge < -0.3 is 4.90 Å². The molecule has 17 heavy (non-hydrogen) atoms. The van der Waals surface area contributed by atoms with E-state index in [2.05, 4.69) is 23.9 Å². The lowest BCUT2D eigenvalue weighted by molar-refractivity contribution is -0.127. The predicted molar refractivity (Wildman–Crippen MR) is 70.2 cm³/mol. The van der Waals surface area contributed by atoms with Gasteiger partial charge in [-0.3, -0.25) is 4.79 Å². The average Bonchev–Trinajstić information content (AvgIpc) is 2.86. The van der Waals surface area contributed by atoms with Crippen LogP contribution in [0, 0.1) is 12.8 Å². The summed E-state index contributed by atoms with van der Waals surface area (Å²) in [6.45, 7) is 9.49. The predicted octanol–water partition coefficient (Wildman–Crippen LogP) is 2.59. The van der Waals surface area contributed by atoms with Gasteiger partial charge in [0.1, 0.15) is 0 Å². The minimum atomic E-state index is 0.245. The molecule has 4 heteroatoms. The second-order valence-corrected chi connectivity index (χ2v) is 5.62. The summed E-state index contributed by atoms with van der Waals surface area (Å²) in [4.78, 5) is 18.2. The van der Waals surface area contributed by atoms with Crippen LogP contribution in [0.3, 0.4) is 0 Å². The summed E-state index contributed by atoms with van der Waals surface area (Å²) in [7, 11) is 0. The fourth-order valence-corrected chi connectivity index (χ4v) is 2.99. The Labute approximate surface area is 106 Å². The molecule has 2 atom stereocenters. The van der Waals surface area contributed by atoms with Crippen molar-refractivity contribution in [1.29, 1.82) is 0 Å². The van der Waals surface area contributed by atoms with Gasteiger partial charge in [0, 0.05) is 42.4 Å². The normalized spacial score (nSPS) is 21.9. The van der Waals surface area contributed by atoms with E-state index < -0.39 is 0 Å². The molecule has 1 fully saturated rings. The molecule has 0 aromatic carbocycles. The molecule has 0 aliphatic carbocycles. The first-order chi connectivity index (χ1) is 8.10. The highest BCUT2D eigenvalue weighted by atomic mass is 32.1. The van der Waals surface area contributed by atoms with Crippen molar-refractivity contribution in [1.82, 2.24) is 9.88 Å². The van der Waals surface area contributed by atoms with Gasteiger partial charge in [0.25, 0.3) is 0 Å². The minimum absolute atomic E-state index is 0.245. The lowest BCUT2D eigenvalue weighted by Gasteiger charge is -2.19. The smallest absolute Gasteiger partial charge is 0.223 e. The van der Waals surface area contributed by atoms with E-state index in [-0.39, 0.29) is 5.91 Å². The molecule has 0 saturated carbocycles. The molecule has 1 amide bonds. The maximum absolute atomic E-state index is 11.8. The second-order valence-electron chi connectivity index (χ2n) is 4.73. The molecule has 1 aromatic rings. The van der Waals surface area contributed by atoms with Gasteiger partial charge in [-0.25, -0.2) is 4.98 Å². The summed E-state index contributed by atoms with van der Waals surface area (Å²) >= 11 is 1.68. The summed E-state index contributed by atoms with van der Waals surface area (Å²) in [5, 5.41) is 3.18. The van der Waals surface area contributed by atoms with Gasteiger partial charge in [0.2, 0.25) is 5.91 Å². The Morgan fingerprint density at radius 2 is 2.53 bits per heavy atom. The Hall–Kier alpha value is -1.16. The molecule has 1 aliphatic rings. The number of carbonyl (C=O) groups is 1. The zero-order valence-electron chi connectivity index (χ0n) is 10.3. The van der Waals surface area contributed by atoms with Crippen LogP contribution in [0.5, 0.6) is 0 Å². The van der Waals surface area contributed by atoms with Crippen LogP contribution in [-0.2, 0) is 4.79 Å². The van der Waals surface area contributed by atoms with Crippen LogP contribution in [0.2, 0.25) is 0 Å². The van der Waals surface area contributed by atoms with Crippen LogP contribution < -0.4 is 0 Å². The highest BCUT2D eigenvalue weighted by molar-refractivity contribution is 7.09. The van der Waals surface area contributed by atoms with E-state index in [1.54, 1.807) is 11.3 Å². The second kappa shape index (κ2) is 5.00. The number of nitrogens with zero attached hydrogens (tertiary/aromatic N) is 2. The quantitative estimate of drug-likeness (QED) is 0.770. The number of aromatic nitrogens is 1. The number of thiazole rings is 1. The first kappa shape index (κ1) is 12.3.